The SMILES string of the molecule is Cn1cc(CCC(=O)N2CCCC(N3CCN(c4cccc(Cl)c4)CC3)C2)cn1. The van der Waals surface area contributed by atoms with Gasteiger partial charge >= 0.3 is 0 Å². The van der Waals surface area contributed by atoms with Crippen LogP contribution in [-0.4, -0.2) is 70.8 Å². The standard InChI is InChI=1S/C22H30ClN5O/c1-25-16-18(15-24-25)7-8-22(29)28-9-3-6-21(17-28)27-12-10-26(11-13-27)20-5-2-4-19(23)14-20/h2,4-5,14-16,21H,3,6-13,17H2,1H3. The first-order valence-corrected chi connectivity index (χ1v) is 11.0. The Hall–Kier alpha value is -2.05. The summed E-state index contributed by atoms with van der Waals surface area (Å²) in [4.78, 5) is 19.8. The number of carbonyl (C=O) groups is 1. The van der Waals surface area contributed by atoms with Crippen molar-refractivity contribution in [3.05, 3.63) is 47.2 Å². The van der Waals surface area contributed by atoms with Crippen molar-refractivity contribution in [2.45, 2.75) is 31.7 Å². The number of nitrogens with zero attached hydrogens (tertiary/aromatic N) is 5. The van der Waals surface area contributed by atoms with Gasteiger partial charge < -0.3 is 9.80 Å². The molecule has 1 aromatic heterocycles. The fourth-order valence-corrected chi connectivity index (χ4v) is 4.69. The Kier molecular flexibility index (Phi) is 6.40. The van der Waals surface area contributed by atoms with Gasteiger partial charge in [-0.15, -0.1) is 0 Å². The number of likely N-dealkylation sites (tertiary alicyclic amines) is 1. The van der Waals surface area contributed by atoms with E-state index in [2.05, 4.69) is 25.9 Å². The number of hydrogen-bond acceptors (Lipinski definition) is 4. The van der Waals surface area contributed by atoms with Crippen LogP contribution in [0.25, 0.3) is 0 Å². The second kappa shape index (κ2) is 9.18. The molecule has 3 heterocycles. The van der Waals surface area contributed by atoms with Crippen molar-refractivity contribution in [2.24, 2.45) is 7.05 Å². The quantitative estimate of drug-likeness (QED) is 0.753. The van der Waals surface area contributed by atoms with E-state index in [9.17, 15) is 4.79 Å². The van der Waals surface area contributed by atoms with Crippen molar-refractivity contribution >= 4 is 23.2 Å². The molecule has 2 aromatic rings. The minimum atomic E-state index is 0.274. The lowest BCUT2D eigenvalue weighted by Crippen LogP contribution is -2.55. The Morgan fingerprint density at radius 1 is 1.21 bits per heavy atom. The lowest BCUT2D eigenvalue weighted by Gasteiger charge is -2.44. The predicted octanol–water partition coefficient (Wildman–Crippen LogP) is 2.82. The summed E-state index contributed by atoms with van der Waals surface area (Å²) in [5.74, 6) is 0.274. The minimum absolute atomic E-state index is 0.274. The highest BCUT2D eigenvalue weighted by Gasteiger charge is 2.29. The molecule has 2 aliphatic rings. The number of aromatic nitrogens is 2. The second-order valence-electron chi connectivity index (χ2n) is 8.16. The van der Waals surface area contributed by atoms with E-state index in [1.807, 2.05) is 37.6 Å². The Balaban J connectivity index is 1.27. The molecular weight excluding hydrogens is 386 g/mol. The number of hydrogen-bond donors (Lipinski definition) is 0. The molecule has 1 amide bonds. The zero-order chi connectivity index (χ0) is 20.2. The summed E-state index contributed by atoms with van der Waals surface area (Å²) >= 11 is 6.15. The molecule has 156 valence electrons. The molecule has 7 heteroatoms. The van der Waals surface area contributed by atoms with Crippen molar-refractivity contribution in [1.29, 1.82) is 0 Å². The smallest absolute Gasteiger partial charge is 0.222 e. The van der Waals surface area contributed by atoms with Crippen molar-refractivity contribution in [3.8, 4) is 0 Å². The summed E-state index contributed by atoms with van der Waals surface area (Å²) < 4.78 is 1.79. The van der Waals surface area contributed by atoms with Crippen LogP contribution in [0.1, 0.15) is 24.8 Å². The van der Waals surface area contributed by atoms with Crippen LogP contribution in [0.3, 0.4) is 0 Å². The Morgan fingerprint density at radius 2 is 2.03 bits per heavy atom. The zero-order valence-corrected chi connectivity index (χ0v) is 17.9. The van der Waals surface area contributed by atoms with Crippen molar-refractivity contribution in [2.75, 3.05) is 44.2 Å². The zero-order valence-electron chi connectivity index (χ0n) is 17.1. The molecule has 2 aliphatic heterocycles. The molecule has 1 unspecified atom stereocenters. The monoisotopic (exact) mass is 415 g/mol. The van der Waals surface area contributed by atoms with Gasteiger partial charge in [-0.25, -0.2) is 0 Å². The van der Waals surface area contributed by atoms with E-state index in [0.717, 1.165) is 62.7 Å². The number of rotatable bonds is 5. The van der Waals surface area contributed by atoms with E-state index in [4.69, 9.17) is 11.6 Å². The minimum Gasteiger partial charge on any atom is -0.369 e. The van der Waals surface area contributed by atoms with E-state index in [0.29, 0.717) is 12.5 Å². The molecule has 29 heavy (non-hydrogen) atoms. The molecule has 6 nitrogen and oxygen atoms in total. The third-order valence-corrected chi connectivity index (χ3v) is 6.37. The van der Waals surface area contributed by atoms with Crippen LogP contribution in [0.4, 0.5) is 5.69 Å². The lowest BCUT2D eigenvalue weighted by atomic mass is 10.0. The van der Waals surface area contributed by atoms with Crippen molar-refractivity contribution < 1.29 is 4.79 Å². The van der Waals surface area contributed by atoms with Crippen LogP contribution in [0.2, 0.25) is 5.02 Å². The molecule has 2 fully saturated rings. The van der Waals surface area contributed by atoms with E-state index >= 15 is 0 Å². The van der Waals surface area contributed by atoms with Crippen LogP contribution in [0.15, 0.2) is 36.7 Å². The van der Waals surface area contributed by atoms with Gasteiger partial charge in [0.05, 0.1) is 6.20 Å². The Morgan fingerprint density at radius 3 is 2.76 bits per heavy atom. The molecule has 0 saturated carbocycles. The largest absolute Gasteiger partial charge is 0.369 e. The first-order valence-electron chi connectivity index (χ1n) is 10.6. The molecule has 0 radical (unpaired) electrons. The maximum Gasteiger partial charge on any atom is 0.222 e. The van der Waals surface area contributed by atoms with E-state index in [1.54, 1.807) is 4.68 Å². The van der Waals surface area contributed by atoms with Crippen LogP contribution in [-0.2, 0) is 18.3 Å². The summed E-state index contributed by atoms with van der Waals surface area (Å²) in [6.45, 7) is 5.84. The molecular formula is C22H30ClN5O. The number of amides is 1. The second-order valence-corrected chi connectivity index (χ2v) is 8.60. The maximum absolute atomic E-state index is 12.7. The first kappa shape index (κ1) is 20.2. The number of carbonyl (C=O) groups excluding carboxylic acids is 1. The van der Waals surface area contributed by atoms with Crippen molar-refractivity contribution in [3.63, 3.8) is 0 Å². The average Bonchev–Trinajstić information content (AvgIpc) is 3.17. The van der Waals surface area contributed by atoms with Crippen molar-refractivity contribution in [1.82, 2.24) is 19.6 Å². The van der Waals surface area contributed by atoms with Gasteiger partial charge in [-0.05, 0) is 43.0 Å². The van der Waals surface area contributed by atoms with Crippen LogP contribution < -0.4 is 4.90 Å². The number of anilines is 1. The summed E-state index contributed by atoms with van der Waals surface area (Å²) in [6, 6.07) is 8.59. The van der Waals surface area contributed by atoms with Gasteiger partial charge in [-0.3, -0.25) is 14.4 Å². The highest BCUT2D eigenvalue weighted by atomic mass is 35.5. The van der Waals surface area contributed by atoms with Gasteiger partial charge in [0.2, 0.25) is 5.91 Å². The van der Waals surface area contributed by atoms with Gasteiger partial charge in [0.15, 0.2) is 0 Å². The average molecular weight is 416 g/mol. The van der Waals surface area contributed by atoms with E-state index in [-0.39, 0.29) is 5.91 Å². The van der Waals surface area contributed by atoms with Gasteiger partial charge in [-0.2, -0.15) is 5.10 Å². The van der Waals surface area contributed by atoms with E-state index in [1.165, 1.54) is 12.1 Å². The molecule has 0 spiro atoms. The molecule has 0 bridgehead atoms. The molecule has 1 aromatic carbocycles. The maximum atomic E-state index is 12.7. The first-order chi connectivity index (χ1) is 14.1. The number of piperidine rings is 1. The normalized spacial score (nSPS) is 20.8. The molecule has 1 atom stereocenters. The summed E-state index contributed by atoms with van der Waals surface area (Å²) in [5.41, 5.74) is 2.33. The number of piperazine rings is 1. The highest BCUT2D eigenvalue weighted by Crippen LogP contribution is 2.23. The topological polar surface area (TPSA) is 44.6 Å². The van der Waals surface area contributed by atoms with Gasteiger partial charge in [-0.1, -0.05) is 17.7 Å². The number of aryl methyl sites for hydroxylation is 2. The van der Waals surface area contributed by atoms with Gasteiger partial charge in [0.25, 0.3) is 0 Å². The number of halogens is 1. The molecule has 2 saturated heterocycles. The van der Waals surface area contributed by atoms with Gasteiger partial charge in [0, 0.05) is 75.7 Å². The third-order valence-electron chi connectivity index (χ3n) is 6.14. The summed E-state index contributed by atoms with van der Waals surface area (Å²) in [5, 5.41) is 4.98. The molecule has 0 N–H and O–H groups in total. The molecule has 0 aliphatic carbocycles. The summed E-state index contributed by atoms with van der Waals surface area (Å²) in [7, 11) is 1.91. The predicted molar refractivity (Wildman–Crippen MR) is 116 cm³/mol. The Bertz CT molecular complexity index is 830. The highest BCUT2D eigenvalue weighted by molar-refractivity contribution is 6.30. The van der Waals surface area contributed by atoms with Crippen LogP contribution in [0, 0.1) is 0 Å². The summed E-state index contributed by atoms with van der Waals surface area (Å²) in [6.07, 6.45) is 7.46. The third kappa shape index (κ3) is 5.11. The fourth-order valence-electron chi connectivity index (χ4n) is 4.51. The lowest BCUT2D eigenvalue weighted by molar-refractivity contribution is -0.133. The number of benzene rings is 1. The van der Waals surface area contributed by atoms with E-state index < -0.39 is 0 Å². The molecule has 4 rings (SSSR count). The Labute approximate surface area is 178 Å². The fraction of sp³-hybridized carbons (Fsp3) is 0.545. The van der Waals surface area contributed by atoms with Crippen LogP contribution in [0.5, 0.6) is 0 Å². The van der Waals surface area contributed by atoms with Gasteiger partial charge in [0.1, 0.15) is 0 Å². The van der Waals surface area contributed by atoms with Crippen LogP contribution >= 0.6 is 11.6 Å².